The number of nitrogens with two attached hydrogens (primary N) is 1. The largest absolute Gasteiger partial charge is 0.399 e. The van der Waals surface area contributed by atoms with Crippen LogP contribution in [0.5, 0.6) is 0 Å². The maximum atomic E-state index is 5.76. The Hall–Kier alpha value is -2.49. The van der Waals surface area contributed by atoms with Gasteiger partial charge in [-0.2, -0.15) is 0 Å². The van der Waals surface area contributed by atoms with Gasteiger partial charge in [0.05, 0.1) is 11.0 Å². The van der Waals surface area contributed by atoms with E-state index in [1.54, 1.807) is 0 Å². The van der Waals surface area contributed by atoms with Crippen LogP contribution in [-0.2, 0) is 6.42 Å². The first-order valence-corrected chi connectivity index (χ1v) is 6.36. The van der Waals surface area contributed by atoms with Gasteiger partial charge in [-0.3, -0.25) is 0 Å². The molecule has 0 aliphatic rings. The predicted octanol–water partition coefficient (Wildman–Crippen LogP) is 3.45. The molecule has 1 aromatic heterocycles. The van der Waals surface area contributed by atoms with Gasteiger partial charge in [0.25, 0.3) is 0 Å². The molecule has 0 saturated carbocycles. The third-order valence-corrected chi connectivity index (χ3v) is 3.10. The lowest BCUT2D eigenvalue weighted by atomic mass is 10.1. The summed E-state index contributed by atoms with van der Waals surface area (Å²) in [6, 6.07) is 14.0. The van der Waals surface area contributed by atoms with E-state index in [9.17, 15) is 0 Å². The second-order valence-corrected chi connectivity index (χ2v) is 4.54. The van der Waals surface area contributed by atoms with Crippen molar-refractivity contribution in [3.63, 3.8) is 0 Å². The highest BCUT2D eigenvalue weighted by molar-refractivity contribution is 5.81. The van der Waals surface area contributed by atoms with Crippen molar-refractivity contribution in [3.8, 4) is 0 Å². The molecule has 0 fully saturated rings. The average Bonchev–Trinajstić information content (AvgIpc) is 2.80. The minimum absolute atomic E-state index is 0.730. The summed E-state index contributed by atoms with van der Waals surface area (Å²) in [7, 11) is 0. The average molecular weight is 252 g/mol. The number of fused-ring (bicyclic) bond motifs is 1. The van der Waals surface area contributed by atoms with E-state index in [-0.39, 0.29) is 0 Å². The number of aromatic amines is 1. The van der Waals surface area contributed by atoms with E-state index in [4.69, 9.17) is 5.73 Å². The van der Waals surface area contributed by atoms with E-state index in [0.717, 1.165) is 34.8 Å². The number of aryl methyl sites for hydroxylation is 1. The van der Waals surface area contributed by atoms with Gasteiger partial charge in [-0.1, -0.05) is 19.1 Å². The lowest BCUT2D eigenvalue weighted by Crippen LogP contribution is -1.93. The Kier molecular flexibility index (Phi) is 2.83. The predicted molar refractivity (Wildman–Crippen MR) is 79.6 cm³/mol. The molecular formula is C15H16N4. The summed E-state index contributed by atoms with van der Waals surface area (Å²) in [4.78, 5) is 7.70. The number of nitrogens with one attached hydrogen (secondary N) is 2. The summed E-state index contributed by atoms with van der Waals surface area (Å²) >= 11 is 0. The van der Waals surface area contributed by atoms with Crippen molar-refractivity contribution in [2.45, 2.75) is 13.3 Å². The van der Waals surface area contributed by atoms with E-state index in [1.165, 1.54) is 5.56 Å². The Morgan fingerprint density at radius 2 is 2.11 bits per heavy atom. The molecule has 2 aromatic carbocycles. The summed E-state index contributed by atoms with van der Waals surface area (Å²) < 4.78 is 0. The van der Waals surface area contributed by atoms with Crippen LogP contribution in [-0.4, -0.2) is 9.97 Å². The highest BCUT2D eigenvalue weighted by Crippen LogP contribution is 2.20. The maximum absolute atomic E-state index is 5.76. The van der Waals surface area contributed by atoms with Crippen LogP contribution >= 0.6 is 0 Å². The fourth-order valence-corrected chi connectivity index (χ4v) is 2.09. The molecule has 0 atom stereocenters. The molecule has 3 rings (SSSR count). The van der Waals surface area contributed by atoms with E-state index < -0.39 is 0 Å². The van der Waals surface area contributed by atoms with Crippen molar-refractivity contribution in [1.29, 1.82) is 0 Å². The van der Waals surface area contributed by atoms with Crippen molar-refractivity contribution in [2.24, 2.45) is 0 Å². The number of hydrogen-bond acceptors (Lipinski definition) is 3. The Balaban J connectivity index is 1.92. The number of H-pyrrole nitrogens is 1. The summed E-state index contributed by atoms with van der Waals surface area (Å²) in [5.41, 5.74) is 10.7. The first-order chi connectivity index (χ1) is 9.24. The normalized spacial score (nSPS) is 10.8. The van der Waals surface area contributed by atoms with Crippen molar-refractivity contribution >= 4 is 28.4 Å². The standard InChI is InChI=1S/C15H16N4/c1-2-10-4-3-5-12(8-10)17-15-18-13-7-6-11(16)9-14(13)19-15/h3-9H,2,16H2,1H3,(H2,17,18,19). The van der Waals surface area contributed by atoms with Crippen LogP contribution < -0.4 is 11.1 Å². The molecule has 0 aliphatic heterocycles. The molecule has 96 valence electrons. The quantitative estimate of drug-likeness (QED) is 0.625. The zero-order valence-corrected chi connectivity index (χ0v) is 10.8. The summed E-state index contributed by atoms with van der Waals surface area (Å²) in [6.45, 7) is 2.14. The lowest BCUT2D eigenvalue weighted by Gasteiger charge is -2.04. The van der Waals surface area contributed by atoms with Crippen LogP contribution in [0.2, 0.25) is 0 Å². The van der Waals surface area contributed by atoms with E-state index in [0.29, 0.717) is 0 Å². The minimum atomic E-state index is 0.730. The number of benzene rings is 2. The van der Waals surface area contributed by atoms with Gasteiger partial charge in [0, 0.05) is 11.4 Å². The van der Waals surface area contributed by atoms with E-state index in [2.05, 4.69) is 34.3 Å². The van der Waals surface area contributed by atoms with Crippen molar-refractivity contribution in [1.82, 2.24) is 9.97 Å². The van der Waals surface area contributed by atoms with Crippen LogP contribution in [0, 0.1) is 0 Å². The zero-order chi connectivity index (χ0) is 13.2. The summed E-state index contributed by atoms with van der Waals surface area (Å²) in [5.74, 6) is 0.730. The Bertz CT molecular complexity index is 715. The van der Waals surface area contributed by atoms with Crippen LogP contribution in [0.25, 0.3) is 11.0 Å². The highest BCUT2D eigenvalue weighted by Gasteiger charge is 2.03. The number of nitrogen functional groups attached to an aromatic ring is 1. The lowest BCUT2D eigenvalue weighted by molar-refractivity contribution is 1.14. The molecule has 4 heteroatoms. The van der Waals surface area contributed by atoms with Gasteiger partial charge in [0.2, 0.25) is 5.95 Å². The molecule has 1 heterocycles. The first kappa shape index (κ1) is 11.6. The molecule has 0 radical (unpaired) electrons. The molecule has 0 bridgehead atoms. The minimum Gasteiger partial charge on any atom is -0.399 e. The number of rotatable bonds is 3. The fourth-order valence-electron chi connectivity index (χ4n) is 2.09. The molecule has 0 aliphatic carbocycles. The molecule has 0 spiro atoms. The Labute approximate surface area is 111 Å². The summed E-state index contributed by atoms with van der Waals surface area (Å²) in [5, 5.41) is 3.28. The van der Waals surface area contributed by atoms with Crippen molar-refractivity contribution in [3.05, 3.63) is 48.0 Å². The molecule has 19 heavy (non-hydrogen) atoms. The molecule has 0 amide bonds. The van der Waals surface area contributed by atoms with Crippen LogP contribution in [0.1, 0.15) is 12.5 Å². The fraction of sp³-hybridized carbons (Fsp3) is 0.133. The van der Waals surface area contributed by atoms with E-state index >= 15 is 0 Å². The van der Waals surface area contributed by atoms with Gasteiger partial charge in [0.1, 0.15) is 0 Å². The second-order valence-electron chi connectivity index (χ2n) is 4.54. The molecular weight excluding hydrogens is 236 g/mol. The SMILES string of the molecule is CCc1cccc(Nc2nc3ccc(N)cc3[nH]2)c1. The molecule has 0 saturated heterocycles. The number of nitrogens with zero attached hydrogens (tertiary/aromatic N) is 1. The second kappa shape index (κ2) is 4.65. The topological polar surface area (TPSA) is 66.7 Å². The molecule has 0 unspecified atom stereocenters. The van der Waals surface area contributed by atoms with Gasteiger partial charge < -0.3 is 16.0 Å². The highest BCUT2D eigenvalue weighted by atomic mass is 15.1. The van der Waals surface area contributed by atoms with Crippen LogP contribution in [0.3, 0.4) is 0 Å². The number of imidazole rings is 1. The third kappa shape index (κ3) is 2.38. The molecule has 3 aromatic rings. The van der Waals surface area contributed by atoms with Crippen molar-refractivity contribution in [2.75, 3.05) is 11.1 Å². The van der Waals surface area contributed by atoms with E-state index in [1.807, 2.05) is 30.3 Å². The first-order valence-electron chi connectivity index (χ1n) is 6.36. The smallest absolute Gasteiger partial charge is 0.205 e. The van der Waals surface area contributed by atoms with Gasteiger partial charge in [-0.05, 0) is 42.3 Å². The van der Waals surface area contributed by atoms with Gasteiger partial charge in [-0.15, -0.1) is 0 Å². The number of anilines is 3. The van der Waals surface area contributed by atoms with Gasteiger partial charge in [-0.25, -0.2) is 4.98 Å². The number of hydrogen-bond donors (Lipinski definition) is 3. The third-order valence-electron chi connectivity index (χ3n) is 3.10. The van der Waals surface area contributed by atoms with Crippen molar-refractivity contribution < 1.29 is 0 Å². The van der Waals surface area contributed by atoms with Gasteiger partial charge in [0.15, 0.2) is 0 Å². The maximum Gasteiger partial charge on any atom is 0.205 e. The monoisotopic (exact) mass is 252 g/mol. The Morgan fingerprint density at radius 1 is 1.21 bits per heavy atom. The molecule has 4 N–H and O–H groups in total. The summed E-state index contributed by atoms with van der Waals surface area (Å²) in [6.07, 6.45) is 1.02. The molecule has 4 nitrogen and oxygen atoms in total. The Morgan fingerprint density at radius 3 is 2.95 bits per heavy atom. The van der Waals surface area contributed by atoms with Crippen LogP contribution in [0.15, 0.2) is 42.5 Å². The van der Waals surface area contributed by atoms with Gasteiger partial charge >= 0.3 is 0 Å². The number of aromatic nitrogens is 2. The van der Waals surface area contributed by atoms with Crippen LogP contribution in [0.4, 0.5) is 17.3 Å². The zero-order valence-electron chi connectivity index (χ0n) is 10.8.